The van der Waals surface area contributed by atoms with Crippen LogP contribution in [-0.4, -0.2) is 19.5 Å². The smallest absolute Gasteiger partial charge is 0.163 e. The Morgan fingerprint density at radius 2 is 1.50 bits per heavy atom. The van der Waals surface area contributed by atoms with Gasteiger partial charge in [0.1, 0.15) is 0 Å². The molecule has 0 fully saturated rings. The summed E-state index contributed by atoms with van der Waals surface area (Å²) in [5.41, 5.74) is 0.113. The van der Waals surface area contributed by atoms with E-state index in [1.54, 1.807) is 12.2 Å². The van der Waals surface area contributed by atoms with Crippen molar-refractivity contribution >= 4 is 0 Å². The van der Waals surface area contributed by atoms with Crippen molar-refractivity contribution in [1.29, 1.82) is 0 Å². The Morgan fingerprint density at radius 1 is 1.00 bits per heavy atom. The molecule has 0 radical (unpaired) electrons. The molecule has 0 heterocycles. The summed E-state index contributed by atoms with van der Waals surface area (Å²) in [7, 11) is 0. The highest BCUT2D eigenvalue weighted by Crippen LogP contribution is 2.38. The second-order valence-electron chi connectivity index (χ2n) is 4.75. The van der Waals surface area contributed by atoms with E-state index < -0.39 is 0 Å². The first kappa shape index (κ1) is 17.4. The van der Waals surface area contributed by atoms with Crippen molar-refractivity contribution in [2.24, 2.45) is 5.41 Å². The minimum atomic E-state index is -0.157. The molecule has 0 spiro atoms. The molecule has 2 nitrogen and oxygen atoms in total. The highest BCUT2D eigenvalue weighted by atomic mass is 16.7. The van der Waals surface area contributed by atoms with Crippen LogP contribution in [0.2, 0.25) is 0 Å². The fourth-order valence-electron chi connectivity index (χ4n) is 2.30. The van der Waals surface area contributed by atoms with E-state index in [1.807, 2.05) is 0 Å². The molecule has 0 aliphatic carbocycles. The average Bonchev–Trinajstić information content (AvgIpc) is 2.42. The maximum absolute atomic E-state index is 5.85. The summed E-state index contributed by atoms with van der Waals surface area (Å²) in [6.45, 7) is 15.2. The molecule has 0 aromatic rings. The molecule has 0 aromatic heterocycles. The topological polar surface area (TPSA) is 18.5 Å². The predicted octanol–water partition coefficient (Wildman–Crippen LogP) is 4.71. The van der Waals surface area contributed by atoms with Crippen molar-refractivity contribution in [3.8, 4) is 0 Å². The molecule has 0 aliphatic rings. The van der Waals surface area contributed by atoms with Crippen LogP contribution in [0.15, 0.2) is 25.3 Å². The van der Waals surface area contributed by atoms with E-state index in [0.717, 1.165) is 19.3 Å². The van der Waals surface area contributed by atoms with E-state index in [1.165, 1.54) is 12.8 Å². The van der Waals surface area contributed by atoms with Crippen molar-refractivity contribution in [3.05, 3.63) is 25.3 Å². The van der Waals surface area contributed by atoms with Crippen LogP contribution in [-0.2, 0) is 9.47 Å². The van der Waals surface area contributed by atoms with Gasteiger partial charge in [0.25, 0.3) is 0 Å². The van der Waals surface area contributed by atoms with Gasteiger partial charge in [-0.3, -0.25) is 0 Å². The van der Waals surface area contributed by atoms with E-state index >= 15 is 0 Å². The van der Waals surface area contributed by atoms with Crippen molar-refractivity contribution < 1.29 is 9.47 Å². The summed E-state index contributed by atoms with van der Waals surface area (Å²) in [6.07, 6.45) is 9.11. The van der Waals surface area contributed by atoms with Gasteiger partial charge in [0.2, 0.25) is 0 Å². The summed E-state index contributed by atoms with van der Waals surface area (Å²) in [5.74, 6) is 0. The van der Waals surface area contributed by atoms with E-state index in [4.69, 9.17) is 9.47 Å². The minimum absolute atomic E-state index is 0.113. The second kappa shape index (κ2) is 10.3. The molecule has 0 N–H and O–H groups in total. The lowest BCUT2D eigenvalue weighted by atomic mass is 9.77. The third-order valence-electron chi connectivity index (χ3n) is 3.67. The molecular formula is C16H30O2. The summed E-state index contributed by atoms with van der Waals surface area (Å²) in [5, 5.41) is 0. The zero-order chi connectivity index (χ0) is 13.9. The first-order valence-corrected chi connectivity index (χ1v) is 7.15. The fraction of sp³-hybridized carbons (Fsp3) is 0.750. The lowest BCUT2D eigenvalue weighted by molar-refractivity contribution is -0.202. The van der Waals surface area contributed by atoms with Crippen LogP contribution in [0.5, 0.6) is 0 Å². The number of hydrogen-bond donors (Lipinski definition) is 0. The van der Waals surface area contributed by atoms with Gasteiger partial charge in [-0.2, -0.15) is 0 Å². The van der Waals surface area contributed by atoms with Crippen LogP contribution in [0.1, 0.15) is 52.9 Å². The quantitative estimate of drug-likeness (QED) is 0.371. The molecule has 0 saturated carbocycles. The van der Waals surface area contributed by atoms with Crippen LogP contribution in [0.25, 0.3) is 0 Å². The lowest BCUT2D eigenvalue weighted by Crippen LogP contribution is -2.39. The molecule has 0 rings (SSSR count). The summed E-state index contributed by atoms with van der Waals surface area (Å²) < 4.78 is 11.7. The van der Waals surface area contributed by atoms with E-state index in [0.29, 0.717) is 13.2 Å². The third kappa shape index (κ3) is 5.36. The largest absolute Gasteiger partial charge is 0.348 e. The maximum Gasteiger partial charge on any atom is 0.163 e. The van der Waals surface area contributed by atoms with Crippen LogP contribution < -0.4 is 0 Å². The summed E-state index contributed by atoms with van der Waals surface area (Å²) >= 11 is 0. The zero-order valence-corrected chi connectivity index (χ0v) is 12.4. The van der Waals surface area contributed by atoms with Crippen molar-refractivity contribution in [1.82, 2.24) is 0 Å². The number of ether oxygens (including phenoxy) is 2. The van der Waals surface area contributed by atoms with Gasteiger partial charge < -0.3 is 9.47 Å². The predicted molar refractivity (Wildman–Crippen MR) is 78.6 cm³/mol. The first-order valence-electron chi connectivity index (χ1n) is 7.15. The van der Waals surface area contributed by atoms with Crippen LogP contribution in [0.3, 0.4) is 0 Å². The van der Waals surface area contributed by atoms with Crippen LogP contribution in [0.4, 0.5) is 0 Å². The standard InChI is InChI=1S/C16H30O2/c1-6-11-12-16(9-4,10-5)15(17-13-7-2)18-14-8-3/h7-8,15H,2-3,6,9-14H2,1,4-5H3. The van der Waals surface area contributed by atoms with Gasteiger partial charge >= 0.3 is 0 Å². The second-order valence-corrected chi connectivity index (χ2v) is 4.75. The van der Waals surface area contributed by atoms with Gasteiger partial charge in [-0.1, -0.05) is 45.8 Å². The van der Waals surface area contributed by atoms with Crippen molar-refractivity contribution in [2.75, 3.05) is 13.2 Å². The summed E-state index contributed by atoms with van der Waals surface area (Å²) in [4.78, 5) is 0. The van der Waals surface area contributed by atoms with E-state index in [-0.39, 0.29) is 11.7 Å². The Morgan fingerprint density at radius 3 is 1.83 bits per heavy atom. The normalized spacial score (nSPS) is 11.8. The molecule has 0 aliphatic heterocycles. The Hall–Kier alpha value is -0.600. The molecule has 0 aromatic carbocycles. The Balaban J connectivity index is 4.78. The third-order valence-corrected chi connectivity index (χ3v) is 3.67. The van der Waals surface area contributed by atoms with Gasteiger partial charge in [0.05, 0.1) is 13.2 Å². The van der Waals surface area contributed by atoms with Crippen LogP contribution >= 0.6 is 0 Å². The van der Waals surface area contributed by atoms with Gasteiger partial charge in [-0.15, -0.1) is 13.2 Å². The van der Waals surface area contributed by atoms with Crippen molar-refractivity contribution in [2.45, 2.75) is 59.2 Å². The highest BCUT2D eigenvalue weighted by Gasteiger charge is 2.36. The van der Waals surface area contributed by atoms with E-state index in [2.05, 4.69) is 33.9 Å². The molecule has 0 amide bonds. The highest BCUT2D eigenvalue weighted by molar-refractivity contribution is 4.82. The SMILES string of the molecule is C=CCOC(OCC=C)C(CC)(CC)CCCC. The number of hydrogen-bond acceptors (Lipinski definition) is 2. The lowest BCUT2D eigenvalue weighted by Gasteiger charge is -2.39. The van der Waals surface area contributed by atoms with Gasteiger partial charge in [0, 0.05) is 5.41 Å². The average molecular weight is 254 g/mol. The molecule has 0 saturated heterocycles. The van der Waals surface area contributed by atoms with Crippen molar-refractivity contribution in [3.63, 3.8) is 0 Å². The first-order chi connectivity index (χ1) is 8.70. The fourth-order valence-corrected chi connectivity index (χ4v) is 2.30. The molecule has 0 atom stereocenters. The van der Waals surface area contributed by atoms with Gasteiger partial charge in [-0.05, 0) is 19.3 Å². The maximum atomic E-state index is 5.85. The number of unbranched alkanes of at least 4 members (excludes halogenated alkanes) is 1. The Kier molecular flexibility index (Phi) is 9.99. The Labute approximate surface area is 113 Å². The molecule has 0 bridgehead atoms. The van der Waals surface area contributed by atoms with Crippen LogP contribution in [0, 0.1) is 5.41 Å². The molecule has 0 unspecified atom stereocenters. The Bertz CT molecular complexity index is 207. The monoisotopic (exact) mass is 254 g/mol. The molecule has 106 valence electrons. The van der Waals surface area contributed by atoms with Gasteiger partial charge in [-0.25, -0.2) is 0 Å². The molecule has 18 heavy (non-hydrogen) atoms. The molecule has 2 heteroatoms. The number of rotatable bonds is 12. The van der Waals surface area contributed by atoms with E-state index in [9.17, 15) is 0 Å². The zero-order valence-electron chi connectivity index (χ0n) is 12.4. The molecular weight excluding hydrogens is 224 g/mol. The minimum Gasteiger partial charge on any atom is -0.348 e. The summed E-state index contributed by atoms with van der Waals surface area (Å²) in [6, 6.07) is 0. The van der Waals surface area contributed by atoms with Gasteiger partial charge in [0.15, 0.2) is 6.29 Å².